The van der Waals surface area contributed by atoms with Crippen molar-refractivity contribution in [3.8, 4) is 0 Å². The summed E-state index contributed by atoms with van der Waals surface area (Å²) in [5, 5.41) is 6.83. The van der Waals surface area contributed by atoms with Crippen LogP contribution in [0.3, 0.4) is 0 Å². The molecule has 0 N–H and O–H groups in total. The van der Waals surface area contributed by atoms with E-state index in [4.69, 9.17) is 4.52 Å². The average Bonchev–Trinajstić information content (AvgIpc) is 3.09. The van der Waals surface area contributed by atoms with Gasteiger partial charge in [0.25, 0.3) is 0 Å². The van der Waals surface area contributed by atoms with Crippen molar-refractivity contribution >= 4 is 39.1 Å². The maximum absolute atomic E-state index is 12.6. The molecule has 1 aliphatic rings. The van der Waals surface area contributed by atoms with Gasteiger partial charge in [-0.1, -0.05) is 44.1 Å². The van der Waals surface area contributed by atoms with Gasteiger partial charge < -0.3 is 4.52 Å². The summed E-state index contributed by atoms with van der Waals surface area (Å²) in [7, 11) is 0. The molecule has 3 aromatic rings. The van der Waals surface area contributed by atoms with E-state index in [0.29, 0.717) is 36.1 Å². The minimum Gasteiger partial charge on any atom is -0.356 e. The number of nitrogens with zero attached hydrogens (tertiary/aromatic N) is 1. The van der Waals surface area contributed by atoms with Crippen LogP contribution in [0.2, 0.25) is 0 Å². The monoisotopic (exact) mass is 391 g/mol. The van der Waals surface area contributed by atoms with E-state index in [9.17, 15) is 14.4 Å². The SMILES string of the molecule is CC(C)(C)CCC(=O)c1ccc2c(ccc3onc([C@@H]4CCC(=O)CC4=O)c32)c1. The number of aromatic nitrogens is 1. The van der Waals surface area contributed by atoms with Gasteiger partial charge >= 0.3 is 0 Å². The Bertz CT molecular complexity index is 1130. The first-order chi connectivity index (χ1) is 13.7. The van der Waals surface area contributed by atoms with Gasteiger partial charge in [-0.05, 0) is 41.2 Å². The third-order valence-electron chi connectivity index (χ3n) is 5.71. The third kappa shape index (κ3) is 3.86. The number of hydrogen-bond acceptors (Lipinski definition) is 5. The maximum atomic E-state index is 12.6. The molecule has 0 bridgehead atoms. The van der Waals surface area contributed by atoms with Gasteiger partial charge in [0, 0.05) is 18.4 Å². The Balaban J connectivity index is 1.72. The Kier molecular flexibility index (Phi) is 4.85. The van der Waals surface area contributed by atoms with Gasteiger partial charge in [-0.15, -0.1) is 0 Å². The Morgan fingerprint density at radius 3 is 2.69 bits per heavy atom. The van der Waals surface area contributed by atoms with E-state index in [1.54, 1.807) is 0 Å². The van der Waals surface area contributed by atoms with Crippen LogP contribution in [-0.2, 0) is 9.59 Å². The van der Waals surface area contributed by atoms with E-state index < -0.39 is 5.92 Å². The topological polar surface area (TPSA) is 77.2 Å². The van der Waals surface area contributed by atoms with Gasteiger partial charge in [0.15, 0.2) is 11.4 Å². The van der Waals surface area contributed by atoms with Crippen LogP contribution in [0.4, 0.5) is 0 Å². The first-order valence-corrected chi connectivity index (χ1v) is 10.1. The van der Waals surface area contributed by atoms with E-state index in [2.05, 4.69) is 25.9 Å². The summed E-state index contributed by atoms with van der Waals surface area (Å²) in [5.74, 6) is -0.383. The smallest absolute Gasteiger partial charge is 0.167 e. The zero-order chi connectivity index (χ0) is 20.8. The van der Waals surface area contributed by atoms with Crippen molar-refractivity contribution in [1.82, 2.24) is 5.16 Å². The van der Waals surface area contributed by atoms with Crippen molar-refractivity contribution in [2.75, 3.05) is 0 Å². The zero-order valence-electron chi connectivity index (χ0n) is 17.1. The molecule has 0 amide bonds. The summed E-state index contributed by atoms with van der Waals surface area (Å²) in [4.78, 5) is 36.6. The van der Waals surface area contributed by atoms with E-state index >= 15 is 0 Å². The van der Waals surface area contributed by atoms with Crippen LogP contribution in [0, 0.1) is 5.41 Å². The average molecular weight is 391 g/mol. The second-order valence-corrected chi connectivity index (χ2v) is 9.20. The first-order valence-electron chi connectivity index (χ1n) is 10.1. The fourth-order valence-electron chi connectivity index (χ4n) is 4.00. The lowest BCUT2D eigenvalue weighted by Crippen LogP contribution is -2.23. The molecule has 1 aromatic heterocycles. The molecule has 1 atom stereocenters. The molecule has 1 fully saturated rings. The van der Waals surface area contributed by atoms with Crippen molar-refractivity contribution in [3.05, 3.63) is 41.6 Å². The Morgan fingerprint density at radius 2 is 1.97 bits per heavy atom. The van der Waals surface area contributed by atoms with E-state index in [-0.39, 0.29) is 29.2 Å². The molecule has 1 heterocycles. The highest BCUT2D eigenvalue weighted by Crippen LogP contribution is 2.37. The number of ketones is 3. The highest BCUT2D eigenvalue weighted by Gasteiger charge is 2.32. The summed E-state index contributed by atoms with van der Waals surface area (Å²) < 4.78 is 5.49. The number of carbonyl (C=O) groups is 3. The molecule has 29 heavy (non-hydrogen) atoms. The summed E-state index contributed by atoms with van der Waals surface area (Å²) in [6.45, 7) is 6.39. The van der Waals surface area contributed by atoms with Crippen LogP contribution in [0.15, 0.2) is 34.9 Å². The fraction of sp³-hybridized carbons (Fsp3) is 0.417. The molecular formula is C24H25NO4. The maximum Gasteiger partial charge on any atom is 0.167 e. The third-order valence-corrected chi connectivity index (χ3v) is 5.71. The summed E-state index contributed by atoms with van der Waals surface area (Å²) >= 11 is 0. The van der Waals surface area contributed by atoms with E-state index in [1.165, 1.54) is 0 Å². The predicted octanol–water partition coefficient (Wildman–Crippen LogP) is 5.40. The summed E-state index contributed by atoms with van der Waals surface area (Å²) in [6, 6.07) is 9.41. The van der Waals surface area contributed by atoms with Crippen LogP contribution in [0.25, 0.3) is 21.7 Å². The van der Waals surface area contributed by atoms with Gasteiger partial charge in [-0.2, -0.15) is 0 Å². The number of hydrogen-bond donors (Lipinski definition) is 0. The van der Waals surface area contributed by atoms with Crippen molar-refractivity contribution in [3.63, 3.8) is 0 Å². The lowest BCUT2D eigenvalue weighted by molar-refractivity contribution is -0.130. The Labute approximate surface area is 169 Å². The van der Waals surface area contributed by atoms with Gasteiger partial charge in [-0.3, -0.25) is 14.4 Å². The van der Waals surface area contributed by atoms with E-state index in [1.807, 2.05) is 30.3 Å². The van der Waals surface area contributed by atoms with Crippen molar-refractivity contribution in [2.24, 2.45) is 5.41 Å². The second kappa shape index (κ2) is 7.21. The quantitative estimate of drug-likeness (QED) is 0.440. The number of Topliss-reactive ketones (excluding diaryl/α,β-unsaturated/α-hetero) is 3. The lowest BCUT2D eigenvalue weighted by Gasteiger charge is -2.18. The van der Waals surface area contributed by atoms with Crippen LogP contribution in [0.5, 0.6) is 0 Å². The summed E-state index contributed by atoms with van der Waals surface area (Å²) in [5.41, 5.74) is 2.03. The predicted molar refractivity (Wildman–Crippen MR) is 111 cm³/mol. The summed E-state index contributed by atoms with van der Waals surface area (Å²) in [6.07, 6.45) is 2.18. The van der Waals surface area contributed by atoms with Crippen molar-refractivity contribution < 1.29 is 18.9 Å². The van der Waals surface area contributed by atoms with Crippen LogP contribution < -0.4 is 0 Å². The van der Waals surface area contributed by atoms with Crippen LogP contribution in [-0.4, -0.2) is 22.5 Å². The molecule has 0 radical (unpaired) electrons. The van der Waals surface area contributed by atoms with Crippen molar-refractivity contribution in [1.29, 1.82) is 0 Å². The molecule has 1 saturated carbocycles. The highest BCUT2D eigenvalue weighted by atomic mass is 16.5. The largest absolute Gasteiger partial charge is 0.356 e. The number of fused-ring (bicyclic) bond motifs is 3. The van der Waals surface area contributed by atoms with E-state index in [0.717, 1.165) is 22.6 Å². The molecule has 0 spiro atoms. The minimum atomic E-state index is -0.410. The minimum absolute atomic E-state index is 0.0117. The number of benzene rings is 2. The second-order valence-electron chi connectivity index (χ2n) is 9.20. The Hall–Kier alpha value is -2.82. The normalized spacial score (nSPS) is 18.0. The molecule has 1 aliphatic carbocycles. The lowest BCUT2D eigenvalue weighted by atomic mass is 9.83. The van der Waals surface area contributed by atoms with Crippen LogP contribution in [0.1, 0.15) is 74.8 Å². The molecule has 5 nitrogen and oxygen atoms in total. The molecule has 150 valence electrons. The Morgan fingerprint density at radius 1 is 1.17 bits per heavy atom. The molecular weight excluding hydrogens is 366 g/mol. The van der Waals surface area contributed by atoms with Gasteiger partial charge in [0.2, 0.25) is 0 Å². The first kappa shape index (κ1) is 19.5. The fourth-order valence-corrected chi connectivity index (χ4v) is 4.00. The van der Waals surface area contributed by atoms with Gasteiger partial charge in [0.05, 0.1) is 17.7 Å². The van der Waals surface area contributed by atoms with Crippen LogP contribution >= 0.6 is 0 Å². The molecule has 0 saturated heterocycles. The molecule has 0 aliphatic heterocycles. The number of carbonyl (C=O) groups excluding carboxylic acids is 3. The zero-order valence-corrected chi connectivity index (χ0v) is 17.1. The molecule has 4 rings (SSSR count). The molecule has 2 aromatic carbocycles. The van der Waals surface area contributed by atoms with Gasteiger partial charge in [0.1, 0.15) is 17.3 Å². The molecule has 0 unspecified atom stereocenters. The standard InChI is InChI=1S/C24H25NO4/c1-24(2,3)11-10-19(27)15-4-7-17-14(12-15)5-9-21-22(17)23(25-29-21)18-8-6-16(26)13-20(18)28/h4-5,7,9,12,18H,6,8,10-11,13H2,1-3H3/t18-/m1/s1. The van der Waals surface area contributed by atoms with Crippen molar-refractivity contribution in [2.45, 2.75) is 58.8 Å². The number of rotatable bonds is 4. The van der Waals surface area contributed by atoms with Gasteiger partial charge in [-0.25, -0.2) is 0 Å². The molecule has 5 heteroatoms. The highest BCUT2D eigenvalue weighted by molar-refractivity contribution is 6.12.